The first-order valence-corrected chi connectivity index (χ1v) is 5.30. The summed E-state index contributed by atoms with van der Waals surface area (Å²) in [4.78, 5) is 31.7. The molecule has 8 nitrogen and oxygen atoms in total. The maximum atomic E-state index is 11.3. The average molecular weight is 284 g/mol. The van der Waals surface area contributed by atoms with Gasteiger partial charge in [-0.25, -0.2) is 14.4 Å². The van der Waals surface area contributed by atoms with E-state index in [0.717, 1.165) is 7.11 Å². The first-order valence-electron chi connectivity index (χ1n) is 5.30. The number of ether oxygens (including phenoxy) is 2. The van der Waals surface area contributed by atoms with E-state index in [1.165, 1.54) is 19.2 Å². The van der Waals surface area contributed by atoms with Gasteiger partial charge in [0.25, 0.3) is 0 Å². The highest BCUT2D eigenvalue weighted by Gasteiger charge is 2.45. The predicted octanol–water partition coefficient (Wildman–Crippen LogP) is -0.190. The maximum absolute atomic E-state index is 11.3. The lowest BCUT2D eigenvalue weighted by molar-refractivity contribution is -0.159. The van der Waals surface area contributed by atoms with Gasteiger partial charge in [0, 0.05) is 0 Å². The molecule has 8 heteroatoms. The minimum Gasteiger partial charge on any atom is -0.479 e. The minimum absolute atomic E-state index is 0.185. The summed E-state index contributed by atoms with van der Waals surface area (Å²) in [7, 11) is 2.32. The van der Waals surface area contributed by atoms with Gasteiger partial charge < -0.3 is 26.0 Å². The van der Waals surface area contributed by atoms with Crippen LogP contribution in [0.4, 0.5) is 4.79 Å². The Morgan fingerprint density at radius 3 is 1.85 bits per heavy atom. The molecule has 1 aromatic carbocycles. The molecule has 0 aliphatic carbocycles. The Morgan fingerprint density at radius 2 is 1.55 bits per heavy atom. The van der Waals surface area contributed by atoms with E-state index in [4.69, 9.17) is 10.8 Å². The molecule has 0 aliphatic heterocycles. The molecule has 0 fully saturated rings. The van der Waals surface area contributed by atoms with Crippen LogP contribution in [0.5, 0.6) is 0 Å². The molecular weight excluding hydrogens is 268 g/mol. The van der Waals surface area contributed by atoms with Crippen LogP contribution in [0.2, 0.25) is 0 Å². The van der Waals surface area contributed by atoms with Crippen LogP contribution in [0, 0.1) is 0 Å². The Hall–Kier alpha value is -2.61. The number of rotatable bonds is 3. The van der Waals surface area contributed by atoms with Crippen LogP contribution in [0.25, 0.3) is 0 Å². The summed E-state index contributed by atoms with van der Waals surface area (Å²) in [6, 6.07) is 7.82. The summed E-state index contributed by atoms with van der Waals surface area (Å²) in [5, 5.41) is 8.96. The van der Waals surface area contributed by atoms with Crippen LogP contribution in [-0.4, -0.2) is 37.4 Å². The van der Waals surface area contributed by atoms with Crippen molar-refractivity contribution in [2.24, 2.45) is 11.5 Å². The van der Waals surface area contributed by atoms with E-state index in [0.29, 0.717) is 0 Å². The summed E-state index contributed by atoms with van der Waals surface area (Å²) in [6.45, 7) is 0. The summed E-state index contributed by atoms with van der Waals surface area (Å²) in [5.41, 5.74) is 8.01. The Bertz CT molecular complexity index is 476. The van der Waals surface area contributed by atoms with Crippen LogP contribution in [0.15, 0.2) is 30.3 Å². The number of carbonyl (C=O) groups is 3. The second kappa shape index (κ2) is 7.74. The number of methoxy groups -OCH3 is 2. The van der Waals surface area contributed by atoms with Crippen molar-refractivity contribution in [1.29, 1.82) is 0 Å². The molecule has 1 rings (SSSR count). The maximum Gasteiger partial charge on any atom is 0.404 e. The molecule has 0 spiro atoms. The van der Waals surface area contributed by atoms with Crippen molar-refractivity contribution >= 4 is 18.0 Å². The van der Waals surface area contributed by atoms with Crippen molar-refractivity contribution < 1.29 is 29.0 Å². The Labute approximate surface area is 115 Å². The van der Waals surface area contributed by atoms with Gasteiger partial charge in [0.15, 0.2) is 0 Å². The van der Waals surface area contributed by atoms with Gasteiger partial charge in [-0.05, 0) is 5.56 Å². The van der Waals surface area contributed by atoms with Crippen LogP contribution in [-0.2, 0) is 24.6 Å². The fraction of sp³-hybridized carbons (Fsp3) is 0.250. The highest BCUT2D eigenvalue weighted by atomic mass is 16.5. The van der Waals surface area contributed by atoms with Crippen molar-refractivity contribution in [2.75, 3.05) is 14.2 Å². The van der Waals surface area contributed by atoms with Gasteiger partial charge >= 0.3 is 18.0 Å². The first kappa shape index (κ1) is 17.4. The van der Waals surface area contributed by atoms with E-state index >= 15 is 0 Å². The molecule has 0 unspecified atom stereocenters. The largest absolute Gasteiger partial charge is 0.479 e. The lowest BCUT2D eigenvalue weighted by Gasteiger charge is -2.21. The van der Waals surface area contributed by atoms with E-state index in [1.54, 1.807) is 18.2 Å². The number of carboxylic acids is 1. The zero-order valence-corrected chi connectivity index (χ0v) is 11.0. The molecule has 110 valence electrons. The fourth-order valence-electron chi connectivity index (χ4n) is 1.19. The smallest absolute Gasteiger partial charge is 0.404 e. The zero-order valence-electron chi connectivity index (χ0n) is 11.0. The number of benzene rings is 1. The molecule has 0 heterocycles. The van der Waals surface area contributed by atoms with E-state index in [1.807, 2.05) is 0 Å². The third-order valence-corrected chi connectivity index (χ3v) is 2.28. The van der Waals surface area contributed by atoms with Gasteiger partial charge in [-0.3, -0.25) is 0 Å². The van der Waals surface area contributed by atoms with Crippen molar-refractivity contribution in [1.82, 2.24) is 0 Å². The molecule has 20 heavy (non-hydrogen) atoms. The van der Waals surface area contributed by atoms with Crippen LogP contribution in [0.1, 0.15) is 5.56 Å². The Kier molecular flexibility index (Phi) is 6.73. The number of aliphatic carboxylic acids is 1. The summed E-state index contributed by atoms with van der Waals surface area (Å²) in [6.07, 6.45) is -0.745. The molecule has 0 bridgehead atoms. The summed E-state index contributed by atoms with van der Waals surface area (Å²) >= 11 is 0. The third kappa shape index (κ3) is 4.25. The van der Waals surface area contributed by atoms with Gasteiger partial charge in [0.2, 0.25) is 5.54 Å². The molecular formula is C12H16N2O6. The molecule has 0 aromatic heterocycles. The van der Waals surface area contributed by atoms with Gasteiger partial charge in [-0.1, -0.05) is 30.3 Å². The van der Waals surface area contributed by atoms with Gasteiger partial charge in [0.1, 0.15) is 0 Å². The molecule has 1 amide bonds. The lowest BCUT2D eigenvalue weighted by Crippen LogP contribution is -2.52. The van der Waals surface area contributed by atoms with Crippen molar-refractivity contribution in [2.45, 2.75) is 5.54 Å². The number of hydrogen-bond donors (Lipinski definition) is 3. The lowest BCUT2D eigenvalue weighted by atomic mass is 9.91. The van der Waals surface area contributed by atoms with Gasteiger partial charge in [0.05, 0.1) is 14.2 Å². The number of nitrogens with two attached hydrogens (primary N) is 2. The summed E-state index contributed by atoms with van der Waals surface area (Å²) < 4.78 is 8.28. The topological polar surface area (TPSA) is 142 Å². The normalized spacial score (nSPS) is 12.2. The van der Waals surface area contributed by atoms with Crippen molar-refractivity contribution in [3.8, 4) is 0 Å². The van der Waals surface area contributed by atoms with Crippen molar-refractivity contribution in [3.05, 3.63) is 35.9 Å². The predicted molar refractivity (Wildman–Crippen MR) is 68.6 cm³/mol. The molecule has 0 saturated heterocycles. The number of hydrogen-bond acceptors (Lipinski definition) is 6. The quantitative estimate of drug-likeness (QED) is 0.515. The summed E-state index contributed by atoms with van der Waals surface area (Å²) in [5.74, 6) is -2.44. The van der Waals surface area contributed by atoms with Crippen molar-refractivity contribution in [3.63, 3.8) is 0 Å². The monoisotopic (exact) mass is 284 g/mol. The minimum atomic E-state index is -2.14. The Morgan fingerprint density at radius 1 is 1.10 bits per heavy atom. The van der Waals surface area contributed by atoms with E-state index in [9.17, 15) is 14.4 Å². The molecule has 0 aliphatic rings. The highest BCUT2D eigenvalue weighted by molar-refractivity contribution is 6.04. The van der Waals surface area contributed by atoms with Crippen LogP contribution in [0.3, 0.4) is 0 Å². The van der Waals surface area contributed by atoms with E-state index in [2.05, 4.69) is 15.2 Å². The first-order chi connectivity index (χ1) is 9.30. The fourth-order valence-corrected chi connectivity index (χ4v) is 1.19. The molecule has 1 atom stereocenters. The number of carbonyl (C=O) groups excluding carboxylic acids is 2. The molecule has 5 N–H and O–H groups in total. The van der Waals surface area contributed by atoms with Crippen LogP contribution < -0.4 is 11.5 Å². The number of amides is 1. The number of carboxylic acid groups (broad SMARTS) is 1. The second-order valence-corrected chi connectivity index (χ2v) is 3.49. The van der Waals surface area contributed by atoms with E-state index < -0.39 is 23.6 Å². The number of esters is 1. The second-order valence-electron chi connectivity index (χ2n) is 3.49. The highest BCUT2D eigenvalue weighted by Crippen LogP contribution is 2.19. The van der Waals surface area contributed by atoms with Crippen LogP contribution >= 0.6 is 0 Å². The standard InChI is InChI=1S/C10H11NO4.C2H5NO2/c1-15-9(14)10(11,8(12)13)7-5-3-2-4-6-7;1-5-2(3)4/h2-6H,11H2,1H3,(H,12,13);1H3,(H2,3,4)/t10-;/m1./s1. The number of primary amides is 1. The molecule has 1 aromatic rings. The molecule has 0 radical (unpaired) electrons. The third-order valence-electron chi connectivity index (χ3n) is 2.28. The Balaban J connectivity index is 0.000000621. The van der Waals surface area contributed by atoms with Gasteiger partial charge in [-0.2, -0.15) is 0 Å². The SMILES string of the molecule is COC(=O)[C@](N)(C(=O)O)c1ccccc1.COC(N)=O. The zero-order chi connectivity index (χ0) is 15.8. The average Bonchev–Trinajstić information content (AvgIpc) is 2.46. The van der Waals surface area contributed by atoms with Gasteiger partial charge in [-0.15, -0.1) is 0 Å². The van der Waals surface area contributed by atoms with E-state index in [-0.39, 0.29) is 5.56 Å². The molecule has 0 saturated carbocycles.